The van der Waals surface area contributed by atoms with Crippen LogP contribution in [-0.2, 0) is 0 Å². The molecule has 0 spiro atoms. The van der Waals surface area contributed by atoms with E-state index in [0.29, 0.717) is 0 Å². The molecule has 0 radical (unpaired) electrons. The van der Waals surface area contributed by atoms with Gasteiger partial charge in [-0.25, -0.2) is 0 Å². The summed E-state index contributed by atoms with van der Waals surface area (Å²) in [7, 11) is 1.66. The van der Waals surface area contributed by atoms with Crippen LogP contribution in [0.1, 0.15) is 13.8 Å². The third-order valence-corrected chi connectivity index (χ3v) is 2.63. The molecule has 0 aliphatic rings. The molecule has 0 aliphatic heterocycles. The van der Waals surface area contributed by atoms with Crippen molar-refractivity contribution in [2.24, 2.45) is 0 Å². The molecule has 0 heterocycles. The van der Waals surface area contributed by atoms with Gasteiger partial charge >= 0.3 is 0 Å². The monoisotopic (exact) mass is 242 g/mol. The lowest BCUT2D eigenvalue weighted by Crippen LogP contribution is -2.06. The van der Waals surface area contributed by atoms with Crippen molar-refractivity contribution in [3.8, 4) is 22.6 Å². The number of methoxy groups -OCH3 is 1. The number of hydrogen-bond acceptors (Lipinski definition) is 2. The van der Waals surface area contributed by atoms with Gasteiger partial charge in [0.2, 0.25) is 0 Å². The summed E-state index contributed by atoms with van der Waals surface area (Å²) in [5, 5.41) is 0. The molecular weight excluding hydrogens is 224 g/mol. The minimum absolute atomic E-state index is 0.130. The Bertz CT molecular complexity index is 504. The number of benzene rings is 2. The normalized spacial score (nSPS) is 10.4. The minimum atomic E-state index is 0.130. The van der Waals surface area contributed by atoms with Gasteiger partial charge in [-0.3, -0.25) is 0 Å². The smallest absolute Gasteiger partial charge is 0.162 e. The van der Waals surface area contributed by atoms with E-state index in [1.807, 2.05) is 50.2 Å². The first-order chi connectivity index (χ1) is 8.70. The predicted molar refractivity (Wildman–Crippen MR) is 74.2 cm³/mol. The fourth-order valence-electron chi connectivity index (χ4n) is 1.83. The molecule has 0 aliphatic carbocycles. The van der Waals surface area contributed by atoms with Crippen LogP contribution in [0.2, 0.25) is 0 Å². The zero-order valence-electron chi connectivity index (χ0n) is 11.0. The van der Waals surface area contributed by atoms with Crippen LogP contribution < -0.4 is 9.47 Å². The van der Waals surface area contributed by atoms with E-state index in [0.717, 1.165) is 17.1 Å². The highest BCUT2D eigenvalue weighted by molar-refractivity contribution is 5.67. The molecule has 2 nitrogen and oxygen atoms in total. The highest BCUT2D eigenvalue weighted by Gasteiger charge is 2.08. The SMILES string of the molecule is COc1ccc(-c2ccccc2)cc1OC(C)C. The molecule has 94 valence electrons. The van der Waals surface area contributed by atoms with Gasteiger partial charge in [0.15, 0.2) is 11.5 Å². The molecule has 0 atom stereocenters. The van der Waals surface area contributed by atoms with Crippen LogP contribution in [0.3, 0.4) is 0 Å². The van der Waals surface area contributed by atoms with Crippen molar-refractivity contribution in [1.29, 1.82) is 0 Å². The van der Waals surface area contributed by atoms with Crippen molar-refractivity contribution >= 4 is 0 Å². The zero-order valence-corrected chi connectivity index (χ0v) is 11.0. The lowest BCUT2D eigenvalue weighted by molar-refractivity contribution is 0.230. The number of hydrogen-bond donors (Lipinski definition) is 0. The summed E-state index contributed by atoms with van der Waals surface area (Å²) in [6, 6.07) is 16.3. The Kier molecular flexibility index (Phi) is 3.88. The Morgan fingerprint density at radius 3 is 2.17 bits per heavy atom. The lowest BCUT2D eigenvalue weighted by Gasteiger charge is -2.14. The van der Waals surface area contributed by atoms with Crippen molar-refractivity contribution in [3.05, 3.63) is 48.5 Å². The van der Waals surface area contributed by atoms with Gasteiger partial charge in [0.05, 0.1) is 13.2 Å². The standard InChI is InChI=1S/C16H18O2/c1-12(2)18-16-11-14(9-10-15(16)17-3)13-7-5-4-6-8-13/h4-12H,1-3H3. The predicted octanol–water partition coefficient (Wildman–Crippen LogP) is 4.15. The van der Waals surface area contributed by atoms with Gasteiger partial charge in [-0.1, -0.05) is 36.4 Å². The Hall–Kier alpha value is -1.96. The van der Waals surface area contributed by atoms with Gasteiger partial charge < -0.3 is 9.47 Å². The number of ether oxygens (including phenoxy) is 2. The molecule has 0 fully saturated rings. The maximum absolute atomic E-state index is 5.77. The summed E-state index contributed by atoms with van der Waals surface area (Å²) in [6.07, 6.45) is 0.130. The summed E-state index contributed by atoms with van der Waals surface area (Å²) >= 11 is 0. The van der Waals surface area contributed by atoms with E-state index in [2.05, 4.69) is 12.1 Å². The highest BCUT2D eigenvalue weighted by atomic mass is 16.5. The molecule has 0 saturated heterocycles. The van der Waals surface area contributed by atoms with Crippen LogP contribution in [0.5, 0.6) is 11.5 Å². The highest BCUT2D eigenvalue weighted by Crippen LogP contribution is 2.33. The van der Waals surface area contributed by atoms with E-state index in [4.69, 9.17) is 9.47 Å². The van der Waals surface area contributed by atoms with Gasteiger partial charge in [0.25, 0.3) is 0 Å². The van der Waals surface area contributed by atoms with Gasteiger partial charge in [0, 0.05) is 0 Å². The van der Waals surface area contributed by atoms with Crippen LogP contribution in [-0.4, -0.2) is 13.2 Å². The van der Waals surface area contributed by atoms with Crippen LogP contribution >= 0.6 is 0 Å². The third kappa shape index (κ3) is 2.83. The first-order valence-corrected chi connectivity index (χ1v) is 6.11. The van der Waals surface area contributed by atoms with Gasteiger partial charge in [0.1, 0.15) is 0 Å². The zero-order chi connectivity index (χ0) is 13.0. The first kappa shape index (κ1) is 12.5. The molecule has 0 N–H and O–H groups in total. The van der Waals surface area contributed by atoms with E-state index < -0.39 is 0 Å². The Balaban J connectivity index is 2.39. The Morgan fingerprint density at radius 1 is 0.833 bits per heavy atom. The summed E-state index contributed by atoms with van der Waals surface area (Å²) in [5.74, 6) is 1.55. The van der Waals surface area contributed by atoms with Crippen LogP contribution in [0.4, 0.5) is 0 Å². The largest absolute Gasteiger partial charge is 0.493 e. The summed E-state index contributed by atoms with van der Waals surface area (Å²) in [4.78, 5) is 0. The second-order valence-electron chi connectivity index (χ2n) is 4.40. The molecule has 0 amide bonds. The molecule has 2 aromatic carbocycles. The average Bonchev–Trinajstić information content (AvgIpc) is 2.39. The number of rotatable bonds is 4. The van der Waals surface area contributed by atoms with Crippen LogP contribution in [0.15, 0.2) is 48.5 Å². The Labute approximate surface area is 108 Å². The molecule has 2 rings (SSSR count). The van der Waals surface area contributed by atoms with Crippen molar-refractivity contribution in [2.45, 2.75) is 20.0 Å². The molecular formula is C16H18O2. The minimum Gasteiger partial charge on any atom is -0.493 e. The van der Waals surface area contributed by atoms with Crippen molar-refractivity contribution < 1.29 is 9.47 Å². The lowest BCUT2D eigenvalue weighted by atomic mass is 10.1. The van der Waals surface area contributed by atoms with E-state index in [1.54, 1.807) is 7.11 Å². The molecule has 0 unspecified atom stereocenters. The van der Waals surface area contributed by atoms with Gasteiger partial charge in [-0.2, -0.15) is 0 Å². The second kappa shape index (κ2) is 5.58. The van der Waals surface area contributed by atoms with Gasteiger partial charge in [-0.05, 0) is 37.1 Å². The van der Waals surface area contributed by atoms with Gasteiger partial charge in [-0.15, -0.1) is 0 Å². The molecule has 0 aromatic heterocycles. The van der Waals surface area contributed by atoms with E-state index in [9.17, 15) is 0 Å². The average molecular weight is 242 g/mol. The first-order valence-electron chi connectivity index (χ1n) is 6.11. The quantitative estimate of drug-likeness (QED) is 0.801. The fraction of sp³-hybridized carbons (Fsp3) is 0.250. The Morgan fingerprint density at radius 2 is 1.56 bits per heavy atom. The molecule has 0 saturated carbocycles. The van der Waals surface area contributed by atoms with E-state index >= 15 is 0 Å². The maximum Gasteiger partial charge on any atom is 0.162 e. The van der Waals surface area contributed by atoms with Crippen molar-refractivity contribution in [2.75, 3.05) is 7.11 Å². The fourth-order valence-corrected chi connectivity index (χ4v) is 1.83. The van der Waals surface area contributed by atoms with Crippen molar-refractivity contribution in [1.82, 2.24) is 0 Å². The topological polar surface area (TPSA) is 18.5 Å². The van der Waals surface area contributed by atoms with Crippen LogP contribution in [0, 0.1) is 0 Å². The van der Waals surface area contributed by atoms with E-state index in [1.165, 1.54) is 5.56 Å². The molecule has 2 aromatic rings. The maximum atomic E-state index is 5.77. The van der Waals surface area contributed by atoms with E-state index in [-0.39, 0.29) is 6.10 Å². The molecule has 18 heavy (non-hydrogen) atoms. The molecule has 2 heteroatoms. The summed E-state index contributed by atoms with van der Waals surface area (Å²) in [5.41, 5.74) is 2.31. The summed E-state index contributed by atoms with van der Waals surface area (Å²) in [6.45, 7) is 4.02. The van der Waals surface area contributed by atoms with Crippen LogP contribution in [0.25, 0.3) is 11.1 Å². The molecule has 0 bridgehead atoms. The third-order valence-electron chi connectivity index (χ3n) is 2.63. The van der Waals surface area contributed by atoms with Crippen molar-refractivity contribution in [3.63, 3.8) is 0 Å². The summed E-state index contributed by atoms with van der Waals surface area (Å²) < 4.78 is 11.1. The second-order valence-corrected chi connectivity index (χ2v) is 4.40.